The van der Waals surface area contributed by atoms with Crippen molar-refractivity contribution in [3.05, 3.63) is 121 Å². The Morgan fingerprint density at radius 3 is 1.59 bits per heavy atom. The second-order valence-corrected chi connectivity index (χ2v) is 8.61. The molecule has 0 nitrogen and oxygen atoms in total. The highest BCUT2D eigenvalue weighted by atomic mass is 14.1. The first kappa shape index (κ1) is 17.5. The van der Waals surface area contributed by atoms with E-state index >= 15 is 0 Å². The van der Waals surface area contributed by atoms with Gasteiger partial charge in [-0.1, -0.05) is 109 Å². The van der Waals surface area contributed by atoms with Crippen molar-refractivity contribution in [1.29, 1.82) is 0 Å². The molecular weight excluding hydrogens is 384 g/mol. The van der Waals surface area contributed by atoms with Crippen molar-refractivity contribution in [3.63, 3.8) is 0 Å². The molecule has 0 aliphatic heterocycles. The van der Waals surface area contributed by atoms with Crippen LogP contribution in [0.4, 0.5) is 0 Å². The maximum Gasteiger partial charge on any atom is -0.00266 e. The van der Waals surface area contributed by atoms with Gasteiger partial charge in [0, 0.05) is 0 Å². The number of rotatable bonds is 1. The van der Waals surface area contributed by atoms with E-state index in [1.54, 1.807) is 0 Å². The lowest BCUT2D eigenvalue weighted by molar-refractivity contribution is 1.69. The predicted molar refractivity (Wildman–Crippen MR) is 139 cm³/mol. The number of hydrogen-bond acceptors (Lipinski definition) is 0. The third-order valence-electron chi connectivity index (χ3n) is 6.80. The van der Waals surface area contributed by atoms with Gasteiger partial charge in [-0.2, -0.15) is 0 Å². The van der Waals surface area contributed by atoms with Crippen molar-refractivity contribution in [1.82, 2.24) is 0 Å². The molecule has 7 aromatic rings. The fraction of sp³-hybridized carbons (Fsp3) is 0. The van der Waals surface area contributed by atoms with Crippen LogP contribution in [0.1, 0.15) is 0 Å². The molecular formula is C32H20. The highest BCUT2D eigenvalue weighted by Gasteiger charge is 2.08. The molecule has 0 atom stereocenters. The lowest BCUT2D eigenvalue weighted by Gasteiger charge is -2.11. The Labute approximate surface area is 186 Å². The minimum absolute atomic E-state index is 1.26. The molecule has 0 aliphatic rings. The van der Waals surface area contributed by atoms with Gasteiger partial charge in [0.1, 0.15) is 0 Å². The third-order valence-corrected chi connectivity index (χ3v) is 6.80. The van der Waals surface area contributed by atoms with Gasteiger partial charge in [-0.15, -0.1) is 0 Å². The lowest BCUT2D eigenvalue weighted by atomic mass is 9.93. The molecule has 0 unspecified atom stereocenters. The minimum Gasteiger partial charge on any atom is -0.0616 e. The first-order valence-corrected chi connectivity index (χ1v) is 11.1. The Morgan fingerprint density at radius 1 is 0.281 bits per heavy atom. The van der Waals surface area contributed by atoms with Crippen LogP contribution in [0.2, 0.25) is 0 Å². The Kier molecular flexibility index (Phi) is 3.65. The molecule has 7 rings (SSSR count). The predicted octanol–water partition coefficient (Wildman–Crippen LogP) is 9.12. The molecule has 0 radical (unpaired) electrons. The van der Waals surface area contributed by atoms with Crippen molar-refractivity contribution in [3.8, 4) is 11.1 Å². The summed E-state index contributed by atoms with van der Waals surface area (Å²) < 4.78 is 0. The maximum absolute atomic E-state index is 2.37. The quantitative estimate of drug-likeness (QED) is 0.239. The minimum atomic E-state index is 1.26. The molecule has 148 valence electrons. The molecule has 0 aliphatic carbocycles. The van der Waals surface area contributed by atoms with Gasteiger partial charge in [0.25, 0.3) is 0 Å². The van der Waals surface area contributed by atoms with Crippen molar-refractivity contribution < 1.29 is 0 Å². The zero-order chi connectivity index (χ0) is 21.1. The summed E-state index contributed by atoms with van der Waals surface area (Å²) in [5, 5.41) is 13.0. The van der Waals surface area contributed by atoms with Crippen LogP contribution in [0.5, 0.6) is 0 Å². The second kappa shape index (κ2) is 6.67. The number of benzene rings is 7. The van der Waals surface area contributed by atoms with Gasteiger partial charge in [0.05, 0.1) is 0 Å². The summed E-state index contributed by atoms with van der Waals surface area (Å²) in [6.07, 6.45) is 0. The van der Waals surface area contributed by atoms with Crippen LogP contribution in [0.25, 0.3) is 65.0 Å². The van der Waals surface area contributed by atoms with Gasteiger partial charge < -0.3 is 0 Å². The van der Waals surface area contributed by atoms with Crippen LogP contribution in [-0.4, -0.2) is 0 Å². The highest BCUT2D eigenvalue weighted by Crippen LogP contribution is 2.36. The molecule has 0 aromatic heterocycles. The molecule has 0 spiro atoms. The molecule has 0 saturated heterocycles. The zero-order valence-corrected chi connectivity index (χ0v) is 17.5. The molecule has 0 N–H and O–H groups in total. The maximum atomic E-state index is 2.37. The average molecular weight is 405 g/mol. The smallest absolute Gasteiger partial charge is 0.00266 e. The highest BCUT2D eigenvalue weighted by molar-refractivity contribution is 6.20. The lowest BCUT2D eigenvalue weighted by Crippen LogP contribution is -1.84. The van der Waals surface area contributed by atoms with Crippen molar-refractivity contribution in [2.75, 3.05) is 0 Å². The fourth-order valence-corrected chi connectivity index (χ4v) is 5.20. The van der Waals surface area contributed by atoms with Gasteiger partial charge in [-0.3, -0.25) is 0 Å². The van der Waals surface area contributed by atoms with Crippen molar-refractivity contribution in [2.45, 2.75) is 0 Å². The summed E-state index contributed by atoms with van der Waals surface area (Å²) in [6.45, 7) is 0. The zero-order valence-electron chi connectivity index (χ0n) is 17.5. The second-order valence-electron chi connectivity index (χ2n) is 8.61. The summed E-state index contributed by atoms with van der Waals surface area (Å²) in [5.74, 6) is 0. The summed E-state index contributed by atoms with van der Waals surface area (Å²) in [4.78, 5) is 0. The Bertz CT molecular complexity index is 1820. The number of fused-ring (bicyclic) bond motifs is 8. The van der Waals surface area contributed by atoms with Gasteiger partial charge >= 0.3 is 0 Å². The van der Waals surface area contributed by atoms with Crippen molar-refractivity contribution >= 4 is 53.9 Å². The summed E-state index contributed by atoms with van der Waals surface area (Å²) in [7, 11) is 0. The standard InChI is InChI=1S/C32H20/c1-3-7-28-21(5-1)12-16-27-19-25(17-18-29(27)28)26-15-11-23-10-14-24-13-9-22-6-2-4-8-30(22)32(24)31(23)20-26/h1-20H. The van der Waals surface area contributed by atoms with E-state index in [0.29, 0.717) is 0 Å². The first-order valence-electron chi connectivity index (χ1n) is 11.1. The van der Waals surface area contributed by atoms with Gasteiger partial charge in [-0.05, 0) is 77.1 Å². The van der Waals surface area contributed by atoms with E-state index in [2.05, 4.69) is 121 Å². The van der Waals surface area contributed by atoms with Gasteiger partial charge in [0.2, 0.25) is 0 Å². The molecule has 0 saturated carbocycles. The molecule has 0 heterocycles. The van der Waals surface area contributed by atoms with Gasteiger partial charge in [-0.25, -0.2) is 0 Å². The van der Waals surface area contributed by atoms with Crippen LogP contribution < -0.4 is 0 Å². The monoisotopic (exact) mass is 404 g/mol. The Morgan fingerprint density at radius 2 is 0.781 bits per heavy atom. The largest absolute Gasteiger partial charge is 0.0616 e. The SMILES string of the molecule is c1ccc2c(c1)ccc1cc(-c3ccc4ccc5ccc6ccccc6c5c4c3)ccc12. The van der Waals surface area contributed by atoms with E-state index in [0.717, 1.165) is 0 Å². The average Bonchev–Trinajstić information content (AvgIpc) is 2.87. The van der Waals surface area contributed by atoms with E-state index in [1.165, 1.54) is 65.0 Å². The fourth-order valence-electron chi connectivity index (χ4n) is 5.20. The van der Waals surface area contributed by atoms with Crippen LogP contribution in [0.15, 0.2) is 121 Å². The van der Waals surface area contributed by atoms with E-state index in [4.69, 9.17) is 0 Å². The van der Waals surface area contributed by atoms with Crippen LogP contribution in [-0.2, 0) is 0 Å². The molecule has 0 heteroatoms. The molecule has 32 heavy (non-hydrogen) atoms. The third kappa shape index (κ3) is 2.57. The first-order chi connectivity index (χ1) is 15.8. The molecule has 0 fully saturated rings. The molecule has 7 aromatic carbocycles. The van der Waals surface area contributed by atoms with Crippen molar-refractivity contribution in [2.24, 2.45) is 0 Å². The number of hydrogen-bond donors (Lipinski definition) is 0. The molecule has 0 bridgehead atoms. The van der Waals surface area contributed by atoms with Crippen LogP contribution in [0, 0.1) is 0 Å². The van der Waals surface area contributed by atoms with E-state index in [-0.39, 0.29) is 0 Å². The Hall–Kier alpha value is -4.16. The topological polar surface area (TPSA) is 0 Å². The van der Waals surface area contributed by atoms with Crippen LogP contribution >= 0.6 is 0 Å². The van der Waals surface area contributed by atoms with E-state index < -0.39 is 0 Å². The van der Waals surface area contributed by atoms with Crippen LogP contribution in [0.3, 0.4) is 0 Å². The van der Waals surface area contributed by atoms with Gasteiger partial charge in [0.15, 0.2) is 0 Å². The Balaban J connectivity index is 1.50. The summed E-state index contributed by atoms with van der Waals surface area (Å²) in [5.41, 5.74) is 2.51. The van der Waals surface area contributed by atoms with E-state index in [1.807, 2.05) is 0 Å². The summed E-state index contributed by atoms with van der Waals surface area (Å²) >= 11 is 0. The summed E-state index contributed by atoms with van der Waals surface area (Å²) in [6, 6.07) is 44.5. The van der Waals surface area contributed by atoms with E-state index in [9.17, 15) is 0 Å². The normalized spacial score (nSPS) is 11.8. The molecule has 0 amide bonds.